The van der Waals surface area contributed by atoms with Crippen LogP contribution in [0.1, 0.15) is 21.5 Å². The minimum Gasteiger partial charge on any atom is -0.478 e. The molecule has 0 unspecified atom stereocenters. The highest BCUT2D eigenvalue weighted by atomic mass is 16.4. The zero-order valence-corrected chi connectivity index (χ0v) is 6.51. The van der Waals surface area contributed by atoms with Gasteiger partial charge in [0.25, 0.3) is 0 Å². The number of benzene rings is 1. The molecule has 1 aromatic carbocycles. The van der Waals surface area contributed by atoms with Gasteiger partial charge in [0.05, 0.1) is 5.56 Å². The maximum atomic E-state index is 10.5. The zero-order chi connectivity index (χ0) is 8.43. The van der Waals surface area contributed by atoms with Gasteiger partial charge in [0.2, 0.25) is 0 Å². The van der Waals surface area contributed by atoms with E-state index in [2.05, 4.69) is 6.07 Å². The van der Waals surface area contributed by atoms with Gasteiger partial charge in [-0.05, 0) is 31.0 Å². The molecule has 1 radical (unpaired) electrons. The largest absolute Gasteiger partial charge is 0.478 e. The number of aromatic carboxylic acids is 1. The molecule has 0 bridgehead atoms. The van der Waals surface area contributed by atoms with Gasteiger partial charge in [0.15, 0.2) is 0 Å². The molecule has 1 aromatic rings. The molecule has 0 spiro atoms. The fraction of sp³-hybridized carbons (Fsp3) is 0.222. The fourth-order valence-electron chi connectivity index (χ4n) is 0.903. The van der Waals surface area contributed by atoms with Crippen LogP contribution in [0.5, 0.6) is 0 Å². The summed E-state index contributed by atoms with van der Waals surface area (Å²) in [5.41, 5.74) is 2.05. The van der Waals surface area contributed by atoms with Gasteiger partial charge in [-0.1, -0.05) is 12.1 Å². The van der Waals surface area contributed by atoms with Crippen molar-refractivity contribution in [1.82, 2.24) is 0 Å². The highest BCUT2D eigenvalue weighted by Crippen LogP contribution is 2.11. The summed E-state index contributed by atoms with van der Waals surface area (Å²) in [5.74, 6) is -0.911. The van der Waals surface area contributed by atoms with E-state index in [1.54, 1.807) is 13.0 Å². The Balaban J connectivity index is 3.27. The molecule has 0 amide bonds. The SMILES string of the molecule is Cc1cc[c]c(C(=O)O)c1C. The standard InChI is InChI=1S/C9H9O2/c1-6-4-3-5-8(7(6)2)9(10)11/h3-4H,1-2H3,(H,10,11). The molecule has 1 rings (SSSR count). The molecule has 0 fully saturated rings. The van der Waals surface area contributed by atoms with Crippen LogP contribution in [0.15, 0.2) is 12.1 Å². The normalized spacial score (nSPS) is 9.64. The summed E-state index contributed by atoms with van der Waals surface area (Å²) in [5, 5.41) is 8.66. The molecule has 0 heterocycles. The highest BCUT2D eigenvalue weighted by Gasteiger charge is 2.06. The van der Waals surface area contributed by atoms with Crippen LogP contribution in [-0.4, -0.2) is 11.1 Å². The maximum absolute atomic E-state index is 10.5. The van der Waals surface area contributed by atoms with Crippen LogP contribution in [0.3, 0.4) is 0 Å². The molecule has 1 N–H and O–H groups in total. The van der Waals surface area contributed by atoms with Crippen molar-refractivity contribution >= 4 is 5.97 Å². The molecule has 0 aliphatic rings. The van der Waals surface area contributed by atoms with Gasteiger partial charge in [0.1, 0.15) is 0 Å². The van der Waals surface area contributed by atoms with Gasteiger partial charge < -0.3 is 5.11 Å². The maximum Gasteiger partial charge on any atom is 0.336 e. The lowest BCUT2D eigenvalue weighted by Crippen LogP contribution is -2.00. The first-order valence-electron chi connectivity index (χ1n) is 3.34. The third kappa shape index (κ3) is 1.40. The second kappa shape index (κ2) is 2.74. The molecule has 0 atom stereocenters. The number of carboxylic acid groups (broad SMARTS) is 1. The minimum absolute atomic E-state index is 0.269. The summed E-state index contributed by atoms with van der Waals surface area (Å²) in [6.45, 7) is 3.67. The van der Waals surface area contributed by atoms with E-state index in [1.807, 2.05) is 13.0 Å². The lowest BCUT2D eigenvalue weighted by molar-refractivity contribution is 0.0695. The van der Waals surface area contributed by atoms with Crippen LogP contribution in [0.2, 0.25) is 0 Å². The van der Waals surface area contributed by atoms with Crippen molar-refractivity contribution < 1.29 is 9.90 Å². The Bertz CT molecular complexity index is 290. The van der Waals surface area contributed by atoms with E-state index in [0.29, 0.717) is 0 Å². The molecule has 2 heteroatoms. The lowest BCUT2D eigenvalue weighted by atomic mass is 10.0. The first-order chi connectivity index (χ1) is 5.13. The van der Waals surface area contributed by atoms with Gasteiger partial charge in [-0.3, -0.25) is 0 Å². The van der Waals surface area contributed by atoms with Gasteiger partial charge in [-0.15, -0.1) is 0 Å². The summed E-state index contributed by atoms with van der Waals surface area (Å²) < 4.78 is 0. The number of aryl methyl sites for hydroxylation is 1. The van der Waals surface area contributed by atoms with E-state index in [0.717, 1.165) is 11.1 Å². The fourth-order valence-corrected chi connectivity index (χ4v) is 0.903. The van der Waals surface area contributed by atoms with Gasteiger partial charge in [-0.2, -0.15) is 0 Å². The summed E-state index contributed by atoms with van der Waals surface area (Å²) in [6, 6.07) is 6.16. The first kappa shape index (κ1) is 7.79. The van der Waals surface area contributed by atoms with Crippen molar-refractivity contribution in [2.45, 2.75) is 13.8 Å². The molecule has 0 aromatic heterocycles. The van der Waals surface area contributed by atoms with Crippen LogP contribution in [0.4, 0.5) is 0 Å². The Kier molecular flexibility index (Phi) is 1.94. The molecule has 0 aliphatic heterocycles. The second-order valence-corrected chi connectivity index (χ2v) is 2.47. The molecular formula is C9H9O2. The molecule has 57 valence electrons. The molecule has 0 saturated heterocycles. The topological polar surface area (TPSA) is 37.3 Å². The van der Waals surface area contributed by atoms with E-state index in [9.17, 15) is 4.79 Å². The molecule has 0 aliphatic carbocycles. The summed E-state index contributed by atoms with van der Waals surface area (Å²) >= 11 is 0. The highest BCUT2D eigenvalue weighted by molar-refractivity contribution is 5.89. The van der Waals surface area contributed by atoms with E-state index < -0.39 is 5.97 Å². The predicted molar refractivity (Wildman–Crippen MR) is 41.7 cm³/mol. The van der Waals surface area contributed by atoms with E-state index in [-0.39, 0.29) is 5.56 Å². The Morgan fingerprint density at radius 2 is 2.18 bits per heavy atom. The van der Waals surface area contributed by atoms with Crippen molar-refractivity contribution in [2.24, 2.45) is 0 Å². The molecular weight excluding hydrogens is 140 g/mol. The van der Waals surface area contributed by atoms with E-state index in [1.165, 1.54) is 0 Å². The van der Waals surface area contributed by atoms with Crippen LogP contribution in [0, 0.1) is 19.9 Å². The Morgan fingerprint density at radius 1 is 1.55 bits per heavy atom. The average Bonchev–Trinajstić information content (AvgIpc) is 1.94. The third-order valence-corrected chi connectivity index (χ3v) is 1.74. The van der Waals surface area contributed by atoms with Crippen molar-refractivity contribution in [3.8, 4) is 0 Å². The number of carbonyl (C=O) groups is 1. The van der Waals surface area contributed by atoms with Crippen LogP contribution < -0.4 is 0 Å². The van der Waals surface area contributed by atoms with Crippen LogP contribution in [-0.2, 0) is 0 Å². The number of hydrogen-bond donors (Lipinski definition) is 1. The summed E-state index contributed by atoms with van der Waals surface area (Å²) in [6.07, 6.45) is 0. The zero-order valence-electron chi connectivity index (χ0n) is 6.51. The second-order valence-electron chi connectivity index (χ2n) is 2.47. The molecule has 0 saturated carbocycles. The Hall–Kier alpha value is -1.31. The predicted octanol–water partition coefficient (Wildman–Crippen LogP) is 1.80. The summed E-state index contributed by atoms with van der Waals surface area (Å²) in [7, 11) is 0. The first-order valence-corrected chi connectivity index (χ1v) is 3.34. The monoisotopic (exact) mass is 149 g/mol. The molecule has 11 heavy (non-hydrogen) atoms. The van der Waals surface area contributed by atoms with Gasteiger partial charge in [0, 0.05) is 0 Å². The third-order valence-electron chi connectivity index (χ3n) is 1.74. The average molecular weight is 149 g/mol. The number of carboxylic acids is 1. The van der Waals surface area contributed by atoms with Gasteiger partial charge in [-0.25, -0.2) is 4.79 Å². The Morgan fingerprint density at radius 3 is 2.64 bits per heavy atom. The van der Waals surface area contributed by atoms with Crippen molar-refractivity contribution in [2.75, 3.05) is 0 Å². The van der Waals surface area contributed by atoms with Crippen molar-refractivity contribution in [3.05, 3.63) is 34.9 Å². The van der Waals surface area contributed by atoms with E-state index >= 15 is 0 Å². The molecule has 2 nitrogen and oxygen atoms in total. The quantitative estimate of drug-likeness (QED) is 0.661. The van der Waals surface area contributed by atoms with Gasteiger partial charge >= 0.3 is 5.97 Å². The van der Waals surface area contributed by atoms with Crippen LogP contribution in [0.25, 0.3) is 0 Å². The minimum atomic E-state index is -0.911. The smallest absolute Gasteiger partial charge is 0.336 e. The Labute approximate surface area is 65.5 Å². The van der Waals surface area contributed by atoms with Crippen molar-refractivity contribution in [1.29, 1.82) is 0 Å². The number of rotatable bonds is 1. The number of hydrogen-bond acceptors (Lipinski definition) is 1. The van der Waals surface area contributed by atoms with Crippen LogP contribution >= 0.6 is 0 Å². The van der Waals surface area contributed by atoms with Crippen molar-refractivity contribution in [3.63, 3.8) is 0 Å². The lowest BCUT2D eigenvalue weighted by Gasteiger charge is -2.01. The van der Waals surface area contributed by atoms with E-state index in [4.69, 9.17) is 5.11 Å². The summed E-state index contributed by atoms with van der Waals surface area (Å²) in [4.78, 5) is 10.5.